The highest BCUT2D eigenvalue weighted by Gasteiger charge is 2.08. The quantitative estimate of drug-likeness (QED) is 0.807. The van der Waals surface area contributed by atoms with Gasteiger partial charge in [0.15, 0.2) is 6.61 Å². The molecule has 0 fully saturated rings. The van der Waals surface area contributed by atoms with Crippen LogP contribution in [0.3, 0.4) is 0 Å². The number of likely N-dealkylation sites (N-methyl/N-ethyl adjacent to an activating group) is 1. The Labute approximate surface area is 102 Å². The number of nitrogens with zero attached hydrogens (tertiary/aromatic N) is 1. The van der Waals surface area contributed by atoms with E-state index in [9.17, 15) is 4.79 Å². The molecule has 0 aliphatic rings. The molecule has 94 valence electrons. The fourth-order valence-electron chi connectivity index (χ4n) is 1.34. The maximum atomic E-state index is 11.6. The minimum Gasteiger partial charge on any atom is -0.484 e. The van der Waals surface area contributed by atoms with Gasteiger partial charge in [0.1, 0.15) is 5.75 Å². The molecule has 4 nitrogen and oxygen atoms in total. The van der Waals surface area contributed by atoms with E-state index in [0.29, 0.717) is 13.1 Å². The van der Waals surface area contributed by atoms with Gasteiger partial charge in [-0.05, 0) is 32.0 Å². The van der Waals surface area contributed by atoms with E-state index in [4.69, 9.17) is 10.5 Å². The summed E-state index contributed by atoms with van der Waals surface area (Å²) in [6.45, 7) is 3.35. The van der Waals surface area contributed by atoms with Gasteiger partial charge in [0.25, 0.3) is 5.91 Å². The number of carbonyl (C=O) groups is 1. The minimum absolute atomic E-state index is 0.0287. The Bertz CT molecular complexity index is 349. The smallest absolute Gasteiger partial charge is 0.260 e. The van der Waals surface area contributed by atoms with Crippen LogP contribution in [0.15, 0.2) is 24.3 Å². The molecule has 1 aromatic carbocycles. The highest BCUT2D eigenvalue weighted by Crippen LogP contribution is 2.11. The summed E-state index contributed by atoms with van der Waals surface area (Å²) in [5.41, 5.74) is 6.56. The van der Waals surface area contributed by atoms with Crippen LogP contribution in [-0.4, -0.2) is 37.6 Å². The van der Waals surface area contributed by atoms with Crippen LogP contribution in [0.1, 0.15) is 12.0 Å². The standard InChI is InChI=1S/C13H20N2O2/c1-11-4-6-12(7-5-11)17-10-13(16)15(2)9-3-8-14/h4-7H,3,8-10,14H2,1-2H3. The van der Waals surface area contributed by atoms with Crippen molar-refractivity contribution in [2.45, 2.75) is 13.3 Å². The highest BCUT2D eigenvalue weighted by molar-refractivity contribution is 5.77. The molecule has 0 atom stereocenters. The first-order valence-electron chi connectivity index (χ1n) is 5.77. The lowest BCUT2D eigenvalue weighted by Crippen LogP contribution is -2.33. The van der Waals surface area contributed by atoms with Gasteiger partial charge in [0, 0.05) is 13.6 Å². The van der Waals surface area contributed by atoms with Crippen LogP contribution in [-0.2, 0) is 4.79 Å². The van der Waals surface area contributed by atoms with Crippen LogP contribution in [0.2, 0.25) is 0 Å². The van der Waals surface area contributed by atoms with Crippen molar-refractivity contribution in [2.24, 2.45) is 5.73 Å². The molecule has 0 aliphatic carbocycles. The van der Waals surface area contributed by atoms with Crippen molar-refractivity contribution in [2.75, 3.05) is 26.7 Å². The minimum atomic E-state index is -0.0287. The molecule has 0 aromatic heterocycles. The monoisotopic (exact) mass is 236 g/mol. The second kappa shape index (κ2) is 6.91. The summed E-state index contributed by atoms with van der Waals surface area (Å²) in [5, 5.41) is 0. The summed E-state index contributed by atoms with van der Waals surface area (Å²) in [4.78, 5) is 13.3. The van der Waals surface area contributed by atoms with E-state index in [1.165, 1.54) is 5.56 Å². The van der Waals surface area contributed by atoms with Gasteiger partial charge in [-0.2, -0.15) is 0 Å². The summed E-state index contributed by atoms with van der Waals surface area (Å²) in [7, 11) is 1.76. The number of rotatable bonds is 6. The van der Waals surface area contributed by atoms with Crippen molar-refractivity contribution in [1.29, 1.82) is 0 Å². The number of carbonyl (C=O) groups excluding carboxylic acids is 1. The third-order valence-corrected chi connectivity index (χ3v) is 2.51. The van der Waals surface area contributed by atoms with Crippen LogP contribution >= 0.6 is 0 Å². The highest BCUT2D eigenvalue weighted by atomic mass is 16.5. The molecular formula is C13H20N2O2. The van der Waals surface area contributed by atoms with E-state index in [-0.39, 0.29) is 12.5 Å². The molecule has 0 unspecified atom stereocenters. The molecule has 17 heavy (non-hydrogen) atoms. The zero-order valence-corrected chi connectivity index (χ0v) is 10.5. The molecule has 0 saturated heterocycles. The number of amides is 1. The Hall–Kier alpha value is -1.55. The maximum Gasteiger partial charge on any atom is 0.260 e. The van der Waals surface area contributed by atoms with E-state index in [1.54, 1.807) is 11.9 Å². The first-order chi connectivity index (χ1) is 8.13. The molecule has 1 rings (SSSR count). The van der Waals surface area contributed by atoms with Crippen molar-refractivity contribution in [3.05, 3.63) is 29.8 Å². The lowest BCUT2D eigenvalue weighted by Gasteiger charge is -2.16. The van der Waals surface area contributed by atoms with Crippen molar-refractivity contribution >= 4 is 5.91 Å². The van der Waals surface area contributed by atoms with Gasteiger partial charge >= 0.3 is 0 Å². The second-order valence-corrected chi connectivity index (χ2v) is 4.06. The van der Waals surface area contributed by atoms with Gasteiger partial charge in [-0.25, -0.2) is 0 Å². The van der Waals surface area contributed by atoms with E-state index in [2.05, 4.69) is 0 Å². The summed E-state index contributed by atoms with van der Waals surface area (Å²) in [5.74, 6) is 0.690. The molecule has 0 aliphatic heterocycles. The Morgan fingerprint density at radius 2 is 2.00 bits per heavy atom. The molecule has 1 amide bonds. The summed E-state index contributed by atoms with van der Waals surface area (Å²) in [6, 6.07) is 7.64. The Kier molecular flexibility index (Phi) is 5.49. The average Bonchev–Trinajstić information content (AvgIpc) is 2.34. The van der Waals surface area contributed by atoms with E-state index >= 15 is 0 Å². The molecule has 0 bridgehead atoms. The predicted octanol–water partition coefficient (Wildman–Crippen LogP) is 1.18. The summed E-state index contributed by atoms with van der Waals surface area (Å²) >= 11 is 0. The molecule has 0 radical (unpaired) electrons. The fraction of sp³-hybridized carbons (Fsp3) is 0.462. The van der Waals surface area contributed by atoms with Crippen LogP contribution in [0.5, 0.6) is 5.75 Å². The SMILES string of the molecule is Cc1ccc(OCC(=O)N(C)CCCN)cc1. The normalized spacial score (nSPS) is 10.1. The fourth-order valence-corrected chi connectivity index (χ4v) is 1.34. The van der Waals surface area contributed by atoms with E-state index < -0.39 is 0 Å². The first kappa shape index (κ1) is 13.5. The van der Waals surface area contributed by atoms with Crippen LogP contribution < -0.4 is 10.5 Å². The number of nitrogens with two attached hydrogens (primary N) is 1. The van der Waals surface area contributed by atoms with Crippen molar-refractivity contribution in [3.63, 3.8) is 0 Å². The van der Waals surface area contributed by atoms with Gasteiger partial charge in [0.05, 0.1) is 0 Å². The number of aryl methyl sites for hydroxylation is 1. The lowest BCUT2D eigenvalue weighted by atomic mass is 10.2. The first-order valence-corrected chi connectivity index (χ1v) is 5.77. The van der Waals surface area contributed by atoms with Crippen LogP contribution in [0.25, 0.3) is 0 Å². The number of hydrogen-bond donors (Lipinski definition) is 1. The van der Waals surface area contributed by atoms with Gasteiger partial charge < -0.3 is 15.4 Å². The van der Waals surface area contributed by atoms with Gasteiger partial charge in [0.2, 0.25) is 0 Å². The van der Waals surface area contributed by atoms with Crippen LogP contribution in [0, 0.1) is 6.92 Å². The van der Waals surface area contributed by atoms with E-state index in [1.807, 2.05) is 31.2 Å². The topological polar surface area (TPSA) is 55.6 Å². The third kappa shape index (κ3) is 4.87. The summed E-state index contributed by atoms with van der Waals surface area (Å²) < 4.78 is 5.40. The predicted molar refractivity (Wildman–Crippen MR) is 68.0 cm³/mol. The zero-order valence-electron chi connectivity index (χ0n) is 10.5. The maximum absolute atomic E-state index is 11.6. The molecule has 0 spiro atoms. The largest absolute Gasteiger partial charge is 0.484 e. The molecule has 4 heteroatoms. The Morgan fingerprint density at radius 1 is 1.35 bits per heavy atom. The van der Waals surface area contributed by atoms with Gasteiger partial charge in [-0.1, -0.05) is 17.7 Å². The molecule has 1 aromatic rings. The lowest BCUT2D eigenvalue weighted by molar-refractivity contribution is -0.132. The third-order valence-electron chi connectivity index (χ3n) is 2.51. The molecule has 2 N–H and O–H groups in total. The zero-order chi connectivity index (χ0) is 12.7. The Morgan fingerprint density at radius 3 is 2.59 bits per heavy atom. The number of benzene rings is 1. The van der Waals surface area contributed by atoms with Crippen LogP contribution in [0.4, 0.5) is 0 Å². The molecule has 0 heterocycles. The summed E-state index contributed by atoms with van der Waals surface area (Å²) in [6.07, 6.45) is 0.812. The number of hydrogen-bond acceptors (Lipinski definition) is 3. The molecular weight excluding hydrogens is 216 g/mol. The Balaban J connectivity index is 2.34. The van der Waals surface area contributed by atoms with Crippen molar-refractivity contribution < 1.29 is 9.53 Å². The van der Waals surface area contributed by atoms with E-state index in [0.717, 1.165) is 12.2 Å². The second-order valence-electron chi connectivity index (χ2n) is 4.06. The van der Waals surface area contributed by atoms with Crippen molar-refractivity contribution in [1.82, 2.24) is 4.90 Å². The molecule has 0 saturated carbocycles. The van der Waals surface area contributed by atoms with Gasteiger partial charge in [-0.3, -0.25) is 4.79 Å². The number of ether oxygens (including phenoxy) is 1. The van der Waals surface area contributed by atoms with Gasteiger partial charge in [-0.15, -0.1) is 0 Å². The average molecular weight is 236 g/mol. The van der Waals surface area contributed by atoms with Crippen molar-refractivity contribution in [3.8, 4) is 5.75 Å².